The molecule has 0 aliphatic heterocycles. The molecule has 3 rings (SSSR count). The Morgan fingerprint density at radius 3 is 2.40 bits per heavy atom. The molecule has 2 aromatic carbocycles. The normalized spacial score (nSPS) is 11.6. The van der Waals surface area contributed by atoms with E-state index in [0.717, 1.165) is 22.3 Å². The number of anilines is 1. The van der Waals surface area contributed by atoms with Crippen molar-refractivity contribution in [2.24, 2.45) is 5.73 Å². The highest BCUT2D eigenvalue weighted by atomic mass is 16.2. The van der Waals surface area contributed by atoms with Crippen LogP contribution in [0.2, 0.25) is 0 Å². The Morgan fingerprint density at radius 1 is 1.00 bits per heavy atom. The summed E-state index contributed by atoms with van der Waals surface area (Å²) in [6, 6.07) is 16.2. The number of nitrogens with one attached hydrogen (secondary N) is 2. The SMILES string of the molecule is Cc1ccc(C)c(CNC(=O)CC(N)c2ccc(C(=O)Nc3ccncc3)cc2)c1. The molecule has 1 atom stereocenters. The first-order valence-corrected chi connectivity index (χ1v) is 9.82. The molecule has 1 unspecified atom stereocenters. The van der Waals surface area contributed by atoms with Crippen molar-refractivity contribution in [3.63, 3.8) is 0 Å². The van der Waals surface area contributed by atoms with Gasteiger partial charge in [-0.25, -0.2) is 0 Å². The highest BCUT2D eigenvalue weighted by Gasteiger charge is 2.13. The minimum atomic E-state index is -0.444. The predicted octanol–water partition coefficient (Wildman–Crippen LogP) is 3.66. The minimum absolute atomic E-state index is 0.108. The van der Waals surface area contributed by atoms with E-state index in [1.165, 1.54) is 0 Å². The maximum atomic E-state index is 12.3. The number of hydrogen-bond acceptors (Lipinski definition) is 4. The van der Waals surface area contributed by atoms with E-state index in [-0.39, 0.29) is 18.2 Å². The van der Waals surface area contributed by atoms with E-state index in [1.807, 2.05) is 13.8 Å². The molecule has 0 spiro atoms. The van der Waals surface area contributed by atoms with Crippen LogP contribution in [0.3, 0.4) is 0 Å². The highest BCUT2D eigenvalue weighted by molar-refractivity contribution is 6.04. The molecule has 2 amide bonds. The van der Waals surface area contributed by atoms with E-state index in [4.69, 9.17) is 5.73 Å². The van der Waals surface area contributed by atoms with Crippen LogP contribution in [-0.4, -0.2) is 16.8 Å². The molecule has 1 aromatic heterocycles. The molecule has 0 radical (unpaired) electrons. The van der Waals surface area contributed by atoms with Gasteiger partial charge in [0.1, 0.15) is 0 Å². The molecule has 6 heteroatoms. The van der Waals surface area contributed by atoms with E-state index in [2.05, 4.69) is 33.8 Å². The van der Waals surface area contributed by atoms with Crippen molar-refractivity contribution in [3.05, 3.63) is 94.8 Å². The van der Waals surface area contributed by atoms with E-state index in [0.29, 0.717) is 17.8 Å². The molecule has 0 fully saturated rings. The molecular weight excluding hydrogens is 376 g/mol. The standard InChI is InChI=1S/C24H26N4O2/c1-16-3-4-17(2)20(13-16)15-27-23(29)14-22(25)18-5-7-19(8-6-18)24(30)28-21-9-11-26-12-10-21/h3-13,22H,14-15,25H2,1-2H3,(H,27,29)(H,26,28,30). The third kappa shape index (κ3) is 5.75. The van der Waals surface area contributed by atoms with Crippen molar-refractivity contribution in [2.75, 3.05) is 5.32 Å². The number of aromatic nitrogens is 1. The lowest BCUT2D eigenvalue weighted by Gasteiger charge is -2.14. The lowest BCUT2D eigenvalue weighted by molar-refractivity contribution is -0.121. The Morgan fingerprint density at radius 2 is 1.70 bits per heavy atom. The summed E-state index contributed by atoms with van der Waals surface area (Å²) in [5, 5.41) is 5.74. The third-order valence-corrected chi connectivity index (χ3v) is 4.93. The number of hydrogen-bond donors (Lipinski definition) is 3. The van der Waals surface area contributed by atoms with E-state index >= 15 is 0 Å². The molecule has 30 heavy (non-hydrogen) atoms. The van der Waals surface area contributed by atoms with Crippen molar-refractivity contribution >= 4 is 17.5 Å². The van der Waals surface area contributed by atoms with Gasteiger partial charge in [-0.3, -0.25) is 14.6 Å². The number of nitrogens with zero attached hydrogens (tertiary/aromatic N) is 1. The summed E-state index contributed by atoms with van der Waals surface area (Å²) in [5.74, 6) is -0.324. The Labute approximate surface area is 176 Å². The molecular formula is C24H26N4O2. The number of aryl methyl sites for hydroxylation is 2. The number of amides is 2. The summed E-state index contributed by atoms with van der Waals surface area (Å²) in [7, 11) is 0. The Kier molecular flexibility index (Phi) is 6.93. The van der Waals surface area contributed by atoms with Crippen LogP contribution in [0.4, 0.5) is 5.69 Å². The summed E-state index contributed by atoms with van der Waals surface area (Å²) in [6.07, 6.45) is 3.40. The fourth-order valence-electron chi connectivity index (χ4n) is 3.09. The van der Waals surface area contributed by atoms with Gasteiger partial charge in [0.05, 0.1) is 0 Å². The van der Waals surface area contributed by atoms with E-state index in [1.54, 1.807) is 48.8 Å². The fourth-order valence-corrected chi connectivity index (χ4v) is 3.09. The Balaban J connectivity index is 1.53. The number of rotatable bonds is 7. The zero-order chi connectivity index (χ0) is 21.5. The topological polar surface area (TPSA) is 97.1 Å². The van der Waals surface area contributed by atoms with Gasteiger partial charge in [0, 0.05) is 42.7 Å². The smallest absolute Gasteiger partial charge is 0.255 e. The van der Waals surface area contributed by atoms with Gasteiger partial charge in [-0.05, 0) is 54.8 Å². The summed E-state index contributed by atoms with van der Waals surface area (Å²) >= 11 is 0. The van der Waals surface area contributed by atoms with Gasteiger partial charge in [0.25, 0.3) is 5.91 Å². The van der Waals surface area contributed by atoms with Crippen molar-refractivity contribution in [1.29, 1.82) is 0 Å². The molecule has 0 bridgehead atoms. The van der Waals surface area contributed by atoms with Gasteiger partial charge in [-0.2, -0.15) is 0 Å². The van der Waals surface area contributed by atoms with Crippen LogP contribution < -0.4 is 16.4 Å². The first-order chi connectivity index (χ1) is 14.4. The first kappa shape index (κ1) is 21.2. The number of nitrogens with two attached hydrogens (primary N) is 1. The number of benzene rings is 2. The maximum Gasteiger partial charge on any atom is 0.255 e. The molecule has 6 nitrogen and oxygen atoms in total. The zero-order valence-electron chi connectivity index (χ0n) is 17.2. The van der Waals surface area contributed by atoms with Crippen LogP contribution in [0.15, 0.2) is 67.0 Å². The number of carbonyl (C=O) groups excluding carboxylic acids is 2. The quantitative estimate of drug-likeness (QED) is 0.562. The van der Waals surface area contributed by atoms with Gasteiger partial charge >= 0.3 is 0 Å². The molecule has 0 aliphatic rings. The minimum Gasteiger partial charge on any atom is -0.352 e. The van der Waals surface area contributed by atoms with Crippen molar-refractivity contribution in [3.8, 4) is 0 Å². The lowest BCUT2D eigenvalue weighted by atomic mass is 10.0. The van der Waals surface area contributed by atoms with Crippen LogP contribution in [0.25, 0.3) is 0 Å². The van der Waals surface area contributed by atoms with Crippen LogP contribution in [0.1, 0.15) is 45.1 Å². The fraction of sp³-hybridized carbons (Fsp3) is 0.208. The number of pyridine rings is 1. The zero-order valence-corrected chi connectivity index (χ0v) is 17.2. The summed E-state index contributed by atoms with van der Waals surface area (Å²) < 4.78 is 0. The molecule has 0 aliphatic carbocycles. The second-order valence-corrected chi connectivity index (χ2v) is 7.33. The summed E-state index contributed by atoms with van der Waals surface area (Å²) in [6.45, 7) is 4.54. The lowest BCUT2D eigenvalue weighted by Crippen LogP contribution is -2.27. The van der Waals surface area contributed by atoms with Crippen molar-refractivity contribution in [1.82, 2.24) is 10.3 Å². The average molecular weight is 402 g/mol. The molecule has 4 N–H and O–H groups in total. The third-order valence-electron chi connectivity index (χ3n) is 4.93. The molecule has 1 heterocycles. The monoisotopic (exact) mass is 402 g/mol. The van der Waals surface area contributed by atoms with Gasteiger partial charge in [0.2, 0.25) is 5.91 Å². The second-order valence-electron chi connectivity index (χ2n) is 7.33. The van der Waals surface area contributed by atoms with Crippen molar-refractivity contribution in [2.45, 2.75) is 32.9 Å². The molecule has 154 valence electrons. The summed E-state index contributed by atoms with van der Waals surface area (Å²) in [4.78, 5) is 28.6. The van der Waals surface area contributed by atoms with Gasteiger partial charge in [-0.1, -0.05) is 35.9 Å². The highest BCUT2D eigenvalue weighted by Crippen LogP contribution is 2.17. The van der Waals surface area contributed by atoms with Gasteiger partial charge in [-0.15, -0.1) is 0 Å². The number of carbonyl (C=O) groups is 2. The van der Waals surface area contributed by atoms with Crippen LogP contribution in [0.5, 0.6) is 0 Å². The first-order valence-electron chi connectivity index (χ1n) is 9.82. The van der Waals surface area contributed by atoms with E-state index in [9.17, 15) is 9.59 Å². The molecule has 0 saturated heterocycles. The van der Waals surface area contributed by atoms with Gasteiger partial charge in [0.15, 0.2) is 0 Å². The van der Waals surface area contributed by atoms with E-state index < -0.39 is 6.04 Å². The van der Waals surface area contributed by atoms with Crippen LogP contribution >= 0.6 is 0 Å². The molecule has 3 aromatic rings. The van der Waals surface area contributed by atoms with Crippen LogP contribution in [-0.2, 0) is 11.3 Å². The summed E-state index contributed by atoms with van der Waals surface area (Å²) in [5.41, 5.74) is 11.6. The van der Waals surface area contributed by atoms with Crippen molar-refractivity contribution < 1.29 is 9.59 Å². The largest absolute Gasteiger partial charge is 0.352 e. The average Bonchev–Trinajstić information content (AvgIpc) is 2.75. The second kappa shape index (κ2) is 9.80. The molecule has 0 saturated carbocycles. The van der Waals surface area contributed by atoms with Gasteiger partial charge < -0.3 is 16.4 Å². The van der Waals surface area contributed by atoms with Crippen LogP contribution in [0, 0.1) is 13.8 Å². The maximum absolute atomic E-state index is 12.3. The predicted molar refractivity (Wildman–Crippen MR) is 118 cm³/mol. The Hall–Kier alpha value is -3.51. The Bertz CT molecular complexity index is 1020.